The summed E-state index contributed by atoms with van der Waals surface area (Å²) in [4.78, 5) is 4.66. The molecule has 25 heavy (non-hydrogen) atoms. The third-order valence-electron chi connectivity index (χ3n) is 5.02. The fourth-order valence-electron chi connectivity index (χ4n) is 3.34. The van der Waals surface area contributed by atoms with E-state index < -0.39 is 0 Å². The number of benzene rings is 2. The molecule has 2 aromatic carbocycles. The number of nitrogens with zero attached hydrogens (tertiary/aromatic N) is 1. The molecule has 0 aliphatic carbocycles. The number of anilines is 1. The van der Waals surface area contributed by atoms with Gasteiger partial charge in [0.1, 0.15) is 0 Å². The summed E-state index contributed by atoms with van der Waals surface area (Å²) in [6.45, 7) is 4.37. The van der Waals surface area contributed by atoms with Gasteiger partial charge >= 0.3 is 0 Å². The molecule has 4 nitrogen and oxygen atoms in total. The molecule has 132 valence electrons. The molecule has 1 aliphatic rings. The molecule has 0 aromatic heterocycles. The van der Waals surface area contributed by atoms with Crippen molar-refractivity contribution in [1.29, 1.82) is 0 Å². The zero-order valence-electron chi connectivity index (χ0n) is 14.9. The maximum atomic E-state index is 6.14. The van der Waals surface area contributed by atoms with Crippen molar-refractivity contribution in [1.82, 2.24) is 0 Å². The topological polar surface area (TPSA) is 59.6 Å². The standard InChI is InChI=1S/C21H27N3O/c1-2-17-8-10-19(11-9-17)24-20(22)23-16-21(12-14-25-15-13-21)18-6-4-3-5-7-18/h3-11H,2,12-16H2,1H3,(H3,22,23,24). The Kier molecular flexibility index (Phi) is 5.71. The molecule has 1 heterocycles. The van der Waals surface area contributed by atoms with Crippen LogP contribution in [0, 0.1) is 0 Å². The van der Waals surface area contributed by atoms with Gasteiger partial charge in [0.2, 0.25) is 0 Å². The summed E-state index contributed by atoms with van der Waals surface area (Å²) in [5, 5.41) is 3.20. The lowest BCUT2D eigenvalue weighted by Crippen LogP contribution is -2.38. The summed E-state index contributed by atoms with van der Waals surface area (Å²) in [5.74, 6) is 0.464. The molecule has 0 unspecified atom stereocenters. The van der Waals surface area contributed by atoms with Crippen LogP contribution in [0.15, 0.2) is 59.6 Å². The Balaban J connectivity index is 1.72. The molecular formula is C21H27N3O. The first kappa shape index (κ1) is 17.5. The number of nitrogens with two attached hydrogens (primary N) is 1. The third-order valence-corrected chi connectivity index (χ3v) is 5.02. The molecule has 0 radical (unpaired) electrons. The van der Waals surface area contributed by atoms with Crippen LogP contribution in [0.3, 0.4) is 0 Å². The average Bonchev–Trinajstić information content (AvgIpc) is 2.68. The molecule has 3 N–H and O–H groups in total. The van der Waals surface area contributed by atoms with Gasteiger partial charge in [0.15, 0.2) is 5.96 Å². The number of rotatable bonds is 5. The van der Waals surface area contributed by atoms with Crippen LogP contribution in [-0.4, -0.2) is 25.7 Å². The van der Waals surface area contributed by atoms with Crippen LogP contribution in [0.5, 0.6) is 0 Å². The molecule has 1 aliphatic heterocycles. The summed E-state index contributed by atoms with van der Waals surface area (Å²) < 4.78 is 5.58. The maximum absolute atomic E-state index is 6.14. The molecule has 0 spiro atoms. The number of aryl methyl sites for hydroxylation is 1. The monoisotopic (exact) mass is 337 g/mol. The third kappa shape index (κ3) is 4.40. The van der Waals surface area contributed by atoms with Gasteiger partial charge in [0.25, 0.3) is 0 Å². The zero-order chi connectivity index (χ0) is 17.5. The van der Waals surface area contributed by atoms with Crippen LogP contribution in [-0.2, 0) is 16.6 Å². The quantitative estimate of drug-likeness (QED) is 0.646. The molecule has 0 atom stereocenters. The van der Waals surface area contributed by atoms with Gasteiger partial charge in [0.05, 0.1) is 6.54 Å². The van der Waals surface area contributed by atoms with Gasteiger partial charge in [-0.05, 0) is 42.5 Å². The Morgan fingerprint density at radius 1 is 1.08 bits per heavy atom. The second-order valence-electron chi connectivity index (χ2n) is 6.64. The first-order chi connectivity index (χ1) is 12.2. The number of aliphatic imine (C=N–C) groups is 1. The highest BCUT2D eigenvalue weighted by Gasteiger charge is 2.34. The predicted octanol–water partition coefficient (Wildman–Crippen LogP) is 3.72. The van der Waals surface area contributed by atoms with Crippen LogP contribution in [0.2, 0.25) is 0 Å². The number of hydrogen-bond acceptors (Lipinski definition) is 2. The Morgan fingerprint density at radius 2 is 1.76 bits per heavy atom. The minimum Gasteiger partial charge on any atom is -0.381 e. The van der Waals surface area contributed by atoms with Gasteiger partial charge in [-0.3, -0.25) is 4.99 Å². The Bertz CT molecular complexity index is 689. The minimum atomic E-state index is 0.0118. The van der Waals surface area contributed by atoms with Gasteiger partial charge < -0.3 is 15.8 Å². The van der Waals surface area contributed by atoms with E-state index in [1.54, 1.807) is 0 Å². The predicted molar refractivity (Wildman–Crippen MR) is 104 cm³/mol. The number of nitrogens with one attached hydrogen (secondary N) is 1. The Labute approximate surface area is 150 Å². The van der Waals surface area contributed by atoms with E-state index in [4.69, 9.17) is 10.5 Å². The summed E-state index contributed by atoms with van der Waals surface area (Å²) in [7, 11) is 0. The number of guanidine groups is 1. The molecule has 0 amide bonds. The highest BCUT2D eigenvalue weighted by Crippen LogP contribution is 2.35. The van der Waals surface area contributed by atoms with E-state index in [-0.39, 0.29) is 5.41 Å². The molecule has 4 heteroatoms. The normalized spacial score (nSPS) is 17.2. The van der Waals surface area contributed by atoms with Crippen molar-refractivity contribution in [2.24, 2.45) is 10.7 Å². The van der Waals surface area contributed by atoms with Gasteiger partial charge in [-0.15, -0.1) is 0 Å². The van der Waals surface area contributed by atoms with Crippen LogP contribution < -0.4 is 11.1 Å². The highest BCUT2D eigenvalue weighted by molar-refractivity contribution is 5.92. The van der Waals surface area contributed by atoms with Crippen molar-refractivity contribution < 1.29 is 4.74 Å². The fraction of sp³-hybridized carbons (Fsp3) is 0.381. The van der Waals surface area contributed by atoms with E-state index in [1.807, 2.05) is 12.1 Å². The van der Waals surface area contributed by atoms with Crippen molar-refractivity contribution in [2.75, 3.05) is 25.1 Å². The van der Waals surface area contributed by atoms with Crippen molar-refractivity contribution in [3.05, 3.63) is 65.7 Å². The largest absolute Gasteiger partial charge is 0.381 e. The molecule has 0 bridgehead atoms. The van der Waals surface area contributed by atoms with E-state index in [9.17, 15) is 0 Å². The second kappa shape index (κ2) is 8.17. The van der Waals surface area contributed by atoms with Crippen LogP contribution >= 0.6 is 0 Å². The molecule has 3 rings (SSSR count). The van der Waals surface area contributed by atoms with Crippen molar-refractivity contribution in [3.63, 3.8) is 0 Å². The van der Waals surface area contributed by atoms with Crippen molar-refractivity contribution in [3.8, 4) is 0 Å². The van der Waals surface area contributed by atoms with Gasteiger partial charge in [0, 0.05) is 24.3 Å². The lowest BCUT2D eigenvalue weighted by molar-refractivity contribution is 0.0531. The van der Waals surface area contributed by atoms with Crippen LogP contribution in [0.1, 0.15) is 30.9 Å². The first-order valence-corrected chi connectivity index (χ1v) is 9.01. The summed E-state index contributed by atoms with van der Waals surface area (Å²) in [5.41, 5.74) is 9.75. The average molecular weight is 337 g/mol. The molecule has 2 aromatic rings. The Morgan fingerprint density at radius 3 is 2.40 bits per heavy atom. The fourth-order valence-corrected chi connectivity index (χ4v) is 3.34. The van der Waals surface area contributed by atoms with Gasteiger partial charge in [-0.25, -0.2) is 0 Å². The van der Waals surface area contributed by atoms with Crippen LogP contribution in [0.25, 0.3) is 0 Å². The summed E-state index contributed by atoms with van der Waals surface area (Å²) >= 11 is 0. The second-order valence-corrected chi connectivity index (χ2v) is 6.64. The van der Waals surface area contributed by atoms with E-state index in [2.05, 4.69) is 59.7 Å². The number of hydrogen-bond donors (Lipinski definition) is 2. The first-order valence-electron chi connectivity index (χ1n) is 9.01. The lowest BCUT2D eigenvalue weighted by atomic mass is 9.74. The lowest BCUT2D eigenvalue weighted by Gasteiger charge is -2.36. The molecular weight excluding hydrogens is 310 g/mol. The van der Waals surface area contributed by atoms with Gasteiger partial charge in [-0.1, -0.05) is 49.4 Å². The van der Waals surface area contributed by atoms with E-state index in [0.717, 1.165) is 38.2 Å². The Hall–Kier alpha value is -2.33. The zero-order valence-corrected chi connectivity index (χ0v) is 14.9. The smallest absolute Gasteiger partial charge is 0.193 e. The minimum absolute atomic E-state index is 0.0118. The number of ether oxygens (including phenoxy) is 1. The molecule has 1 fully saturated rings. The molecule has 1 saturated heterocycles. The molecule has 0 saturated carbocycles. The van der Waals surface area contributed by atoms with E-state index >= 15 is 0 Å². The van der Waals surface area contributed by atoms with E-state index in [0.29, 0.717) is 12.5 Å². The van der Waals surface area contributed by atoms with Gasteiger partial charge in [-0.2, -0.15) is 0 Å². The summed E-state index contributed by atoms with van der Waals surface area (Å²) in [6.07, 6.45) is 2.98. The summed E-state index contributed by atoms with van der Waals surface area (Å²) in [6, 6.07) is 18.9. The van der Waals surface area contributed by atoms with E-state index in [1.165, 1.54) is 11.1 Å². The maximum Gasteiger partial charge on any atom is 0.193 e. The van der Waals surface area contributed by atoms with Crippen molar-refractivity contribution >= 4 is 11.6 Å². The van der Waals surface area contributed by atoms with Crippen LogP contribution in [0.4, 0.5) is 5.69 Å². The highest BCUT2D eigenvalue weighted by atomic mass is 16.5. The SMILES string of the molecule is CCc1ccc(NC(N)=NCC2(c3ccccc3)CCOCC2)cc1. The van der Waals surface area contributed by atoms with Crippen molar-refractivity contribution in [2.45, 2.75) is 31.6 Å².